The van der Waals surface area contributed by atoms with Crippen LogP contribution in [0.15, 0.2) is 21.7 Å². The van der Waals surface area contributed by atoms with Crippen LogP contribution in [0.25, 0.3) is 0 Å². The van der Waals surface area contributed by atoms with Gasteiger partial charge in [0.25, 0.3) is 10.0 Å². The Balaban J connectivity index is 1.89. The van der Waals surface area contributed by atoms with E-state index in [1.807, 2.05) is 0 Å². The van der Waals surface area contributed by atoms with Gasteiger partial charge in [0, 0.05) is 39.0 Å². The topological polar surface area (TPSA) is 95.0 Å². The van der Waals surface area contributed by atoms with E-state index in [9.17, 15) is 18.0 Å². The fraction of sp³-hybridized carbons (Fsp3) is 0.571. The second-order valence-electron chi connectivity index (χ2n) is 5.62. The number of carbonyl (C=O) groups excluding carboxylic acids is 1. The minimum absolute atomic E-state index is 0.0432. The van der Waals surface area contributed by atoms with Crippen LogP contribution in [-0.4, -0.2) is 60.8 Å². The van der Waals surface area contributed by atoms with E-state index in [0.29, 0.717) is 17.3 Å². The van der Waals surface area contributed by atoms with Crippen LogP contribution in [0, 0.1) is 5.92 Å². The van der Waals surface area contributed by atoms with Crippen LogP contribution in [0.2, 0.25) is 0 Å². The van der Waals surface area contributed by atoms with E-state index in [1.54, 1.807) is 29.3 Å². The van der Waals surface area contributed by atoms with Gasteiger partial charge in [0.05, 0.1) is 0 Å². The maximum absolute atomic E-state index is 12.4. The van der Waals surface area contributed by atoms with E-state index in [4.69, 9.17) is 5.11 Å². The molecule has 0 unspecified atom stereocenters. The molecule has 0 radical (unpaired) electrons. The number of amides is 1. The van der Waals surface area contributed by atoms with Gasteiger partial charge in [0.2, 0.25) is 5.91 Å². The molecule has 1 aliphatic rings. The number of thiophene rings is 1. The van der Waals surface area contributed by atoms with Gasteiger partial charge in [-0.1, -0.05) is 13.0 Å². The summed E-state index contributed by atoms with van der Waals surface area (Å²) >= 11 is 1.18. The molecular formula is C14H20N2O5S2. The molecule has 1 fully saturated rings. The SMILES string of the molecule is C[C@H](CC(=O)O)CC(=O)N1CCN(S(=O)(=O)c2cccs2)CC1. The number of carbonyl (C=O) groups is 2. The standard InChI is InChI=1S/C14H20N2O5S2/c1-11(10-13(18)19)9-12(17)15-4-6-16(7-5-15)23(20,21)14-3-2-8-22-14/h2-3,8,11H,4-7,9-10H2,1H3,(H,18,19)/t11-/m0/s1. The highest BCUT2D eigenvalue weighted by atomic mass is 32.2. The highest BCUT2D eigenvalue weighted by Gasteiger charge is 2.31. The van der Waals surface area contributed by atoms with Gasteiger partial charge in [0.15, 0.2) is 0 Å². The van der Waals surface area contributed by atoms with Gasteiger partial charge < -0.3 is 10.0 Å². The number of rotatable bonds is 6. The van der Waals surface area contributed by atoms with Gasteiger partial charge in [-0.25, -0.2) is 8.42 Å². The zero-order valence-corrected chi connectivity index (χ0v) is 14.5. The van der Waals surface area contributed by atoms with Crippen molar-refractivity contribution in [2.45, 2.75) is 24.0 Å². The Labute approximate surface area is 139 Å². The van der Waals surface area contributed by atoms with E-state index in [-0.39, 0.29) is 37.8 Å². The van der Waals surface area contributed by atoms with Crippen molar-refractivity contribution in [3.8, 4) is 0 Å². The highest BCUT2D eigenvalue weighted by Crippen LogP contribution is 2.22. The molecule has 128 valence electrons. The van der Waals surface area contributed by atoms with Crippen LogP contribution in [0.1, 0.15) is 19.8 Å². The smallest absolute Gasteiger partial charge is 0.303 e. The lowest BCUT2D eigenvalue weighted by atomic mass is 10.0. The van der Waals surface area contributed by atoms with Crippen molar-refractivity contribution >= 4 is 33.2 Å². The third-order valence-electron chi connectivity index (χ3n) is 3.73. The molecule has 1 aromatic rings. The molecule has 23 heavy (non-hydrogen) atoms. The monoisotopic (exact) mass is 360 g/mol. The molecule has 0 spiro atoms. The average Bonchev–Trinajstić information content (AvgIpc) is 3.01. The van der Waals surface area contributed by atoms with Crippen molar-refractivity contribution in [3.63, 3.8) is 0 Å². The summed E-state index contributed by atoms with van der Waals surface area (Å²) in [4.78, 5) is 24.4. The predicted molar refractivity (Wildman–Crippen MR) is 85.7 cm³/mol. The molecule has 7 nitrogen and oxygen atoms in total. The summed E-state index contributed by atoms with van der Waals surface area (Å²) in [7, 11) is -3.47. The van der Waals surface area contributed by atoms with E-state index < -0.39 is 16.0 Å². The highest BCUT2D eigenvalue weighted by molar-refractivity contribution is 7.91. The number of carboxylic acid groups (broad SMARTS) is 1. The van der Waals surface area contributed by atoms with Crippen molar-refractivity contribution in [2.75, 3.05) is 26.2 Å². The molecule has 1 amide bonds. The molecule has 1 aromatic heterocycles. The normalized spacial score (nSPS) is 17.9. The van der Waals surface area contributed by atoms with Crippen molar-refractivity contribution in [3.05, 3.63) is 17.5 Å². The first-order valence-electron chi connectivity index (χ1n) is 7.34. The van der Waals surface area contributed by atoms with Gasteiger partial charge in [-0.15, -0.1) is 11.3 Å². The zero-order chi connectivity index (χ0) is 17.0. The molecule has 0 saturated carbocycles. The van der Waals surface area contributed by atoms with Crippen molar-refractivity contribution in [2.24, 2.45) is 5.92 Å². The molecule has 1 saturated heterocycles. The molecule has 1 N–H and O–H groups in total. The fourth-order valence-electron chi connectivity index (χ4n) is 2.51. The van der Waals surface area contributed by atoms with Gasteiger partial charge in [-0.3, -0.25) is 9.59 Å². The van der Waals surface area contributed by atoms with Crippen LogP contribution in [0.3, 0.4) is 0 Å². The summed E-state index contributed by atoms with van der Waals surface area (Å²) in [5, 5.41) is 10.4. The Morgan fingerprint density at radius 3 is 2.43 bits per heavy atom. The third-order valence-corrected chi connectivity index (χ3v) is 7.00. The maximum atomic E-state index is 12.4. The van der Waals surface area contributed by atoms with Crippen LogP contribution in [-0.2, 0) is 19.6 Å². The van der Waals surface area contributed by atoms with E-state index in [2.05, 4.69) is 0 Å². The molecule has 1 aliphatic heterocycles. The fourth-order valence-corrected chi connectivity index (χ4v) is 5.08. The molecule has 0 aromatic carbocycles. The van der Waals surface area contributed by atoms with Crippen LogP contribution >= 0.6 is 11.3 Å². The second kappa shape index (κ2) is 7.41. The van der Waals surface area contributed by atoms with E-state index >= 15 is 0 Å². The number of hydrogen-bond acceptors (Lipinski definition) is 5. The summed E-state index contributed by atoms with van der Waals surface area (Å²) in [6.07, 6.45) is 0.127. The third kappa shape index (κ3) is 4.52. The van der Waals surface area contributed by atoms with Crippen molar-refractivity contribution in [1.29, 1.82) is 0 Å². The second-order valence-corrected chi connectivity index (χ2v) is 8.74. The molecule has 1 atom stereocenters. The van der Waals surface area contributed by atoms with E-state index in [0.717, 1.165) is 0 Å². The summed E-state index contributed by atoms with van der Waals surface area (Å²) in [6.45, 7) is 2.93. The number of aliphatic carboxylic acids is 1. The summed E-state index contributed by atoms with van der Waals surface area (Å²) in [5.41, 5.74) is 0. The minimum Gasteiger partial charge on any atom is -0.481 e. The largest absolute Gasteiger partial charge is 0.481 e. The average molecular weight is 360 g/mol. The first-order valence-corrected chi connectivity index (χ1v) is 9.66. The summed E-state index contributed by atoms with van der Waals surface area (Å²) in [5.74, 6) is -1.27. The Bertz CT molecular complexity index is 649. The Kier molecular flexibility index (Phi) is 5.77. The van der Waals surface area contributed by atoms with Gasteiger partial charge in [-0.05, 0) is 17.4 Å². The van der Waals surface area contributed by atoms with Crippen LogP contribution < -0.4 is 0 Å². The minimum atomic E-state index is -3.47. The first kappa shape index (κ1) is 17.9. The number of hydrogen-bond donors (Lipinski definition) is 1. The lowest BCUT2D eigenvalue weighted by Gasteiger charge is -2.34. The van der Waals surface area contributed by atoms with Crippen LogP contribution in [0.4, 0.5) is 0 Å². The van der Waals surface area contributed by atoms with E-state index in [1.165, 1.54) is 15.6 Å². The zero-order valence-electron chi connectivity index (χ0n) is 12.8. The summed E-state index contributed by atoms with van der Waals surface area (Å²) < 4.78 is 26.5. The summed E-state index contributed by atoms with van der Waals surface area (Å²) in [6, 6.07) is 3.27. The molecular weight excluding hydrogens is 340 g/mol. The first-order chi connectivity index (χ1) is 10.8. The number of nitrogens with zero attached hydrogens (tertiary/aromatic N) is 2. The molecule has 2 heterocycles. The number of carboxylic acids is 1. The molecule has 0 aliphatic carbocycles. The molecule has 2 rings (SSSR count). The van der Waals surface area contributed by atoms with Gasteiger partial charge in [-0.2, -0.15) is 4.31 Å². The lowest BCUT2D eigenvalue weighted by molar-refractivity contribution is -0.138. The Morgan fingerprint density at radius 1 is 1.26 bits per heavy atom. The quantitative estimate of drug-likeness (QED) is 0.819. The number of piperazine rings is 1. The lowest BCUT2D eigenvalue weighted by Crippen LogP contribution is -2.50. The van der Waals surface area contributed by atoms with Gasteiger partial charge >= 0.3 is 5.97 Å². The number of sulfonamides is 1. The molecule has 0 bridgehead atoms. The maximum Gasteiger partial charge on any atom is 0.303 e. The van der Waals surface area contributed by atoms with Crippen molar-refractivity contribution in [1.82, 2.24) is 9.21 Å². The van der Waals surface area contributed by atoms with Crippen molar-refractivity contribution < 1.29 is 23.1 Å². The molecule has 9 heteroatoms. The Hall–Kier alpha value is -1.45. The van der Waals surface area contributed by atoms with Gasteiger partial charge in [0.1, 0.15) is 4.21 Å². The predicted octanol–water partition coefficient (Wildman–Crippen LogP) is 1.08. The van der Waals surface area contributed by atoms with Crippen LogP contribution in [0.5, 0.6) is 0 Å². The Morgan fingerprint density at radius 2 is 1.91 bits per heavy atom.